The number of hydrogen-bond donors (Lipinski definition) is 3. The molecule has 0 atom stereocenters. The van der Waals surface area contributed by atoms with E-state index in [0.29, 0.717) is 16.9 Å². The van der Waals surface area contributed by atoms with Gasteiger partial charge in [-0.2, -0.15) is 0 Å². The van der Waals surface area contributed by atoms with Crippen LogP contribution >= 0.6 is 0 Å². The molecule has 32 heavy (non-hydrogen) atoms. The minimum absolute atomic E-state index is 0.162. The van der Waals surface area contributed by atoms with Crippen molar-refractivity contribution in [1.29, 1.82) is 5.41 Å². The predicted octanol–water partition coefficient (Wildman–Crippen LogP) is 1.92. The van der Waals surface area contributed by atoms with Gasteiger partial charge in [-0.25, -0.2) is 9.59 Å². The highest BCUT2D eigenvalue weighted by atomic mass is 16.6. The van der Waals surface area contributed by atoms with Crippen molar-refractivity contribution in [3.63, 3.8) is 0 Å². The third-order valence-electron chi connectivity index (χ3n) is 4.11. The SMILES string of the molecule is CCOC(=O)NC(=N)c1ccc(C(=O)NCC(=O)c2ccc(OCC(=O)OC)cc2)cc1. The maximum atomic E-state index is 12.3. The number of rotatable bonds is 9. The largest absolute Gasteiger partial charge is 0.482 e. The second-order valence-corrected chi connectivity index (χ2v) is 6.29. The zero-order valence-corrected chi connectivity index (χ0v) is 17.6. The lowest BCUT2D eigenvalue weighted by Gasteiger charge is -2.09. The third kappa shape index (κ3) is 7.24. The molecule has 0 aliphatic rings. The third-order valence-corrected chi connectivity index (χ3v) is 4.11. The highest BCUT2D eigenvalue weighted by molar-refractivity contribution is 6.05. The highest BCUT2D eigenvalue weighted by Gasteiger charge is 2.12. The molecule has 0 radical (unpaired) electrons. The van der Waals surface area contributed by atoms with Crippen LogP contribution in [0.3, 0.4) is 0 Å². The number of alkyl carbamates (subject to hydrolysis) is 1. The van der Waals surface area contributed by atoms with E-state index in [1.54, 1.807) is 6.92 Å². The Morgan fingerprint density at radius 2 is 1.50 bits per heavy atom. The average Bonchev–Trinajstić information content (AvgIpc) is 2.81. The lowest BCUT2D eigenvalue weighted by atomic mass is 10.1. The molecule has 10 nitrogen and oxygen atoms in total. The fourth-order valence-corrected chi connectivity index (χ4v) is 2.43. The molecule has 0 unspecified atom stereocenters. The van der Waals surface area contributed by atoms with Crippen molar-refractivity contribution in [2.24, 2.45) is 0 Å². The molecule has 3 N–H and O–H groups in total. The normalized spacial score (nSPS) is 9.94. The summed E-state index contributed by atoms with van der Waals surface area (Å²) in [7, 11) is 1.25. The number of hydrogen-bond acceptors (Lipinski definition) is 8. The molecule has 2 amide bonds. The van der Waals surface area contributed by atoms with Gasteiger partial charge in [0.1, 0.15) is 11.6 Å². The van der Waals surface area contributed by atoms with Crippen LogP contribution in [0.4, 0.5) is 4.79 Å². The molecule has 0 bridgehead atoms. The van der Waals surface area contributed by atoms with E-state index in [1.165, 1.54) is 55.6 Å². The van der Waals surface area contributed by atoms with Gasteiger partial charge in [-0.1, -0.05) is 12.1 Å². The van der Waals surface area contributed by atoms with Crippen LogP contribution in [0.5, 0.6) is 5.75 Å². The summed E-state index contributed by atoms with van der Waals surface area (Å²) in [6.45, 7) is 1.38. The first-order chi connectivity index (χ1) is 15.3. The Hall–Kier alpha value is -4.21. The number of esters is 1. The molecule has 2 aromatic rings. The van der Waals surface area contributed by atoms with Crippen LogP contribution in [0.15, 0.2) is 48.5 Å². The zero-order valence-electron chi connectivity index (χ0n) is 17.6. The van der Waals surface area contributed by atoms with E-state index in [4.69, 9.17) is 14.9 Å². The molecule has 0 saturated carbocycles. The quantitative estimate of drug-likeness (QED) is 0.233. The Bertz CT molecular complexity index is 986. The molecule has 0 saturated heterocycles. The molecule has 0 spiro atoms. The lowest BCUT2D eigenvalue weighted by molar-refractivity contribution is -0.142. The average molecular weight is 441 g/mol. The molecule has 0 aromatic heterocycles. The summed E-state index contributed by atoms with van der Waals surface area (Å²) in [6.07, 6.45) is -0.735. The lowest BCUT2D eigenvalue weighted by Crippen LogP contribution is -2.31. The number of nitrogens with one attached hydrogen (secondary N) is 3. The van der Waals surface area contributed by atoms with E-state index in [0.717, 1.165) is 0 Å². The first-order valence-corrected chi connectivity index (χ1v) is 9.57. The van der Waals surface area contributed by atoms with Gasteiger partial charge in [-0.3, -0.25) is 20.3 Å². The Labute approximate surface area is 184 Å². The Balaban J connectivity index is 1.86. The van der Waals surface area contributed by atoms with Crippen molar-refractivity contribution in [2.45, 2.75) is 6.92 Å². The van der Waals surface area contributed by atoms with Crippen molar-refractivity contribution in [2.75, 3.05) is 26.9 Å². The van der Waals surface area contributed by atoms with Crippen molar-refractivity contribution < 1.29 is 33.4 Å². The van der Waals surface area contributed by atoms with E-state index in [-0.39, 0.29) is 36.9 Å². The first-order valence-electron chi connectivity index (χ1n) is 9.57. The molecular weight excluding hydrogens is 418 g/mol. The van der Waals surface area contributed by atoms with Gasteiger partial charge >= 0.3 is 12.1 Å². The van der Waals surface area contributed by atoms with Crippen LogP contribution in [0, 0.1) is 5.41 Å². The van der Waals surface area contributed by atoms with Crippen molar-refractivity contribution in [1.82, 2.24) is 10.6 Å². The number of methoxy groups -OCH3 is 1. The number of amides is 2. The van der Waals surface area contributed by atoms with Crippen LogP contribution in [0.1, 0.15) is 33.2 Å². The molecule has 0 heterocycles. The number of carbonyl (C=O) groups is 4. The van der Waals surface area contributed by atoms with E-state index in [2.05, 4.69) is 15.4 Å². The Morgan fingerprint density at radius 1 is 0.906 bits per heavy atom. The van der Waals surface area contributed by atoms with Gasteiger partial charge in [0, 0.05) is 16.7 Å². The van der Waals surface area contributed by atoms with E-state index in [1.807, 2.05) is 0 Å². The van der Waals surface area contributed by atoms with E-state index >= 15 is 0 Å². The Morgan fingerprint density at radius 3 is 2.09 bits per heavy atom. The number of carbonyl (C=O) groups excluding carboxylic acids is 4. The molecule has 0 aliphatic carbocycles. The first kappa shape index (κ1) is 24.1. The zero-order chi connectivity index (χ0) is 23.5. The number of ketones is 1. The summed E-state index contributed by atoms with van der Waals surface area (Å²) in [5, 5.41) is 12.6. The van der Waals surface area contributed by atoms with Crippen molar-refractivity contribution in [3.8, 4) is 5.75 Å². The Kier molecular flexibility index (Phi) is 8.91. The van der Waals surface area contributed by atoms with Crippen LogP contribution in [0.2, 0.25) is 0 Å². The van der Waals surface area contributed by atoms with E-state index < -0.39 is 18.0 Å². The smallest absolute Gasteiger partial charge is 0.412 e. The van der Waals surface area contributed by atoms with Gasteiger partial charge in [0.15, 0.2) is 12.4 Å². The van der Waals surface area contributed by atoms with Crippen LogP contribution in [-0.4, -0.2) is 56.5 Å². The molecular formula is C22H23N3O7. The fraction of sp³-hybridized carbons (Fsp3) is 0.227. The minimum atomic E-state index is -0.735. The van der Waals surface area contributed by atoms with Crippen LogP contribution in [-0.2, 0) is 14.3 Å². The predicted molar refractivity (Wildman–Crippen MR) is 114 cm³/mol. The number of benzene rings is 2. The van der Waals surface area contributed by atoms with Gasteiger partial charge in [0.05, 0.1) is 20.3 Å². The van der Waals surface area contributed by atoms with Gasteiger partial charge in [-0.15, -0.1) is 0 Å². The topological polar surface area (TPSA) is 144 Å². The summed E-state index contributed by atoms with van der Waals surface area (Å²) in [4.78, 5) is 47.0. The summed E-state index contributed by atoms with van der Waals surface area (Å²) in [5.74, 6) is -1.06. The van der Waals surface area contributed by atoms with Crippen LogP contribution in [0.25, 0.3) is 0 Å². The standard InChI is InChI=1S/C22H23N3O7/c1-3-31-22(29)25-20(23)15-4-6-16(7-5-15)21(28)24-12-18(26)14-8-10-17(11-9-14)32-13-19(27)30-2/h4-11H,3,12-13H2,1-2H3,(H,24,28)(H2,23,25,29). The van der Waals surface area contributed by atoms with Gasteiger partial charge in [0.25, 0.3) is 5.91 Å². The van der Waals surface area contributed by atoms with Crippen molar-refractivity contribution >= 4 is 29.6 Å². The number of Topliss-reactive ketones (excluding diaryl/α,β-unsaturated/α-hetero) is 1. The molecule has 168 valence electrons. The van der Waals surface area contributed by atoms with E-state index in [9.17, 15) is 19.2 Å². The monoisotopic (exact) mass is 441 g/mol. The second-order valence-electron chi connectivity index (χ2n) is 6.29. The second kappa shape index (κ2) is 11.8. The summed E-state index contributed by atoms with van der Waals surface area (Å²) >= 11 is 0. The van der Waals surface area contributed by atoms with Gasteiger partial charge in [-0.05, 0) is 43.3 Å². The van der Waals surface area contributed by atoms with Crippen LogP contribution < -0.4 is 15.4 Å². The maximum Gasteiger partial charge on any atom is 0.412 e. The number of ether oxygens (including phenoxy) is 3. The van der Waals surface area contributed by atoms with Gasteiger partial charge in [0.2, 0.25) is 0 Å². The minimum Gasteiger partial charge on any atom is -0.482 e. The molecule has 2 rings (SSSR count). The van der Waals surface area contributed by atoms with Crippen molar-refractivity contribution in [3.05, 3.63) is 65.2 Å². The molecule has 2 aromatic carbocycles. The number of amidine groups is 1. The molecule has 0 fully saturated rings. The van der Waals surface area contributed by atoms with Gasteiger partial charge < -0.3 is 19.5 Å². The highest BCUT2D eigenvalue weighted by Crippen LogP contribution is 2.13. The molecule has 10 heteroatoms. The summed E-state index contributed by atoms with van der Waals surface area (Å²) < 4.78 is 14.4. The fourth-order valence-electron chi connectivity index (χ4n) is 2.43. The molecule has 0 aliphatic heterocycles. The summed E-state index contributed by atoms with van der Waals surface area (Å²) in [6, 6.07) is 12.1. The summed E-state index contributed by atoms with van der Waals surface area (Å²) in [5.41, 5.74) is 1.04. The maximum absolute atomic E-state index is 12.3.